The summed E-state index contributed by atoms with van der Waals surface area (Å²) in [4.78, 5) is 25.3. The van der Waals surface area contributed by atoms with Crippen molar-refractivity contribution in [2.24, 2.45) is 0 Å². The van der Waals surface area contributed by atoms with E-state index in [1.54, 1.807) is 43.3 Å². The molecule has 3 aromatic rings. The maximum atomic E-state index is 13.7. The van der Waals surface area contributed by atoms with E-state index >= 15 is 0 Å². The Morgan fingerprint density at radius 1 is 1.00 bits per heavy atom. The van der Waals surface area contributed by atoms with E-state index in [1.165, 1.54) is 6.07 Å². The van der Waals surface area contributed by atoms with Crippen LogP contribution in [0.4, 0.5) is 10.1 Å². The maximum absolute atomic E-state index is 13.7. The smallest absolute Gasteiger partial charge is 0.253 e. The summed E-state index contributed by atoms with van der Waals surface area (Å²) in [6, 6.07) is 19.8. The van der Waals surface area contributed by atoms with Crippen LogP contribution in [0.25, 0.3) is 0 Å². The molecule has 0 aliphatic heterocycles. The van der Waals surface area contributed by atoms with Gasteiger partial charge < -0.3 is 10.6 Å². The number of carbonyl (C=O) groups is 2. The first-order chi connectivity index (χ1) is 13.9. The van der Waals surface area contributed by atoms with E-state index in [0.29, 0.717) is 21.8 Å². The summed E-state index contributed by atoms with van der Waals surface area (Å²) in [7, 11) is 0. The Hall–Kier alpha value is -3.18. The Labute approximate surface area is 173 Å². The first-order valence-corrected chi connectivity index (χ1v) is 9.48. The molecular formula is C23H20ClFN2O2. The third kappa shape index (κ3) is 5.42. The van der Waals surface area contributed by atoms with Crippen molar-refractivity contribution in [3.8, 4) is 0 Å². The second-order valence-electron chi connectivity index (χ2n) is 6.63. The quantitative estimate of drug-likeness (QED) is 0.580. The second kappa shape index (κ2) is 9.34. The predicted octanol–water partition coefficient (Wildman–Crippen LogP) is 5.29. The van der Waals surface area contributed by atoms with Crippen LogP contribution in [0.1, 0.15) is 33.9 Å². The SMILES string of the molecule is Cc1ccc(NC(=O)C[C@@H](NC(=O)c2ccccc2Cl)c2ccccc2)cc1F. The van der Waals surface area contributed by atoms with Gasteiger partial charge in [-0.25, -0.2) is 4.39 Å². The molecule has 6 heteroatoms. The largest absolute Gasteiger partial charge is 0.345 e. The third-order valence-corrected chi connectivity index (χ3v) is 4.80. The fourth-order valence-corrected chi connectivity index (χ4v) is 3.11. The van der Waals surface area contributed by atoms with Crippen LogP contribution >= 0.6 is 11.6 Å². The number of anilines is 1. The van der Waals surface area contributed by atoms with Crippen molar-refractivity contribution in [2.45, 2.75) is 19.4 Å². The van der Waals surface area contributed by atoms with Crippen LogP contribution in [0.15, 0.2) is 72.8 Å². The van der Waals surface area contributed by atoms with Gasteiger partial charge in [0.25, 0.3) is 5.91 Å². The molecule has 0 unspecified atom stereocenters. The minimum Gasteiger partial charge on any atom is -0.345 e. The van der Waals surface area contributed by atoms with Gasteiger partial charge in [0.05, 0.1) is 23.0 Å². The molecule has 0 fully saturated rings. The summed E-state index contributed by atoms with van der Waals surface area (Å²) in [5, 5.41) is 5.88. The standard InChI is InChI=1S/C23H20ClFN2O2/c1-15-11-12-17(13-20(15)25)26-22(28)14-21(16-7-3-2-4-8-16)27-23(29)18-9-5-6-10-19(18)24/h2-13,21H,14H2,1H3,(H,26,28)(H,27,29)/t21-/m1/s1. The molecule has 0 aromatic heterocycles. The van der Waals surface area contributed by atoms with Crippen molar-refractivity contribution in [2.75, 3.05) is 5.32 Å². The number of halogens is 2. The zero-order chi connectivity index (χ0) is 20.8. The van der Waals surface area contributed by atoms with E-state index in [-0.39, 0.29) is 18.2 Å². The van der Waals surface area contributed by atoms with E-state index in [4.69, 9.17) is 11.6 Å². The number of rotatable bonds is 6. The normalized spacial score (nSPS) is 11.6. The van der Waals surface area contributed by atoms with Crippen molar-refractivity contribution in [1.29, 1.82) is 0 Å². The van der Waals surface area contributed by atoms with Crippen LogP contribution in [-0.4, -0.2) is 11.8 Å². The van der Waals surface area contributed by atoms with E-state index in [0.717, 1.165) is 5.56 Å². The lowest BCUT2D eigenvalue weighted by Gasteiger charge is -2.19. The van der Waals surface area contributed by atoms with Crippen molar-refractivity contribution in [3.63, 3.8) is 0 Å². The molecule has 2 N–H and O–H groups in total. The third-order valence-electron chi connectivity index (χ3n) is 4.47. The molecule has 0 radical (unpaired) electrons. The van der Waals surface area contributed by atoms with Gasteiger partial charge >= 0.3 is 0 Å². The first-order valence-electron chi connectivity index (χ1n) is 9.10. The van der Waals surface area contributed by atoms with Gasteiger partial charge in [0.1, 0.15) is 5.82 Å². The Balaban J connectivity index is 1.77. The molecule has 0 heterocycles. The molecule has 2 amide bonds. The fraction of sp³-hybridized carbons (Fsp3) is 0.130. The number of carbonyl (C=O) groups excluding carboxylic acids is 2. The maximum Gasteiger partial charge on any atom is 0.253 e. The highest BCUT2D eigenvalue weighted by molar-refractivity contribution is 6.33. The average molecular weight is 411 g/mol. The van der Waals surface area contributed by atoms with Gasteiger partial charge in [-0.15, -0.1) is 0 Å². The molecule has 0 saturated heterocycles. The number of hydrogen-bond donors (Lipinski definition) is 2. The summed E-state index contributed by atoms with van der Waals surface area (Å²) in [6.45, 7) is 1.65. The lowest BCUT2D eigenvalue weighted by molar-refractivity contribution is -0.116. The van der Waals surface area contributed by atoms with Crippen molar-refractivity contribution >= 4 is 29.1 Å². The van der Waals surface area contributed by atoms with Crippen molar-refractivity contribution in [1.82, 2.24) is 5.32 Å². The number of nitrogens with one attached hydrogen (secondary N) is 2. The Bertz CT molecular complexity index is 1020. The monoisotopic (exact) mass is 410 g/mol. The lowest BCUT2D eigenvalue weighted by atomic mass is 10.0. The van der Waals surface area contributed by atoms with Crippen LogP contribution in [0.5, 0.6) is 0 Å². The fourth-order valence-electron chi connectivity index (χ4n) is 2.89. The van der Waals surface area contributed by atoms with Crippen LogP contribution in [-0.2, 0) is 4.79 Å². The molecule has 0 bridgehead atoms. The molecule has 4 nitrogen and oxygen atoms in total. The molecular weight excluding hydrogens is 391 g/mol. The number of benzene rings is 3. The number of hydrogen-bond acceptors (Lipinski definition) is 2. The Morgan fingerprint density at radius 2 is 1.69 bits per heavy atom. The summed E-state index contributed by atoms with van der Waals surface area (Å²) in [6.07, 6.45) is -0.0182. The Morgan fingerprint density at radius 3 is 2.38 bits per heavy atom. The molecule has 3 rings (SSSR count). The summed E-state index contributed by atoms with van der Waals surface area (Å²) >= 11 is 6.11. The molecule has 29 heavy (non-hydrogen) atoms. The highest BCUT2D eigenvalue weighted by Crippen LogP contribution is 2.21. The number of amides is 2. The van der Waals surface area contributed by atoms with E-state index < -0.39 is 11.9 Å². The van der Waals surface area contributed by atoms with Gasteiger partial charge in [-0.3, -0.25) is 9.59 Å². The van der Waals surface area contributed by atoms with Crippen molar-refractivity contribution in [3.05, 3.63) is 100 Å². The first kappa shape index (κ1) is 20.6. The van der Waals surface area contributed by atoms with Crippen LogP contribution in [0.3, 0.4) is 0 Å². The van der Waals surface area contributed by atoms with Gasteiger partial charge in [-0.05, 0) is 42.3 Å². The van der Waals surface area contributed by atoms with E-state index in [1.807, 2.05) is 30.3 Å². The summed E-state index contributed by atoms with van der Waals surface area (Å²) in [5.74, 6) is -1.12. The van der Waals surface area contributed by atoms with E-state index in [9.17, 15) is 14.0 Å². The minimum absolute atomic E-state index is 0.0182. The molecule has 0 spiro atoms. The average Bonchev–Trinajstić information content (AvgIpc) is 2.71. The Kier molecular flexibility index (Phi) is 6.62. The highest BCUT2D eigenvalue weighted by atomic mass is 35.5. The van der Waals surface area contributed by atoms with Gasteiger partial charge in [0.15, 0.2) is 0 Å². The molecule has 0 saturated carbocycles. The molecule has 148 valence electrons. The number of aryl methyl sites for hydroxylation is 1. The van der Waals surface area contributed by atoms with Crippen LogP contribution in [0.2, 0.25) is 5.02 Å². The molecule has 0 aliphatic rings. The van der Waals surface area contributed by atoms with Crippen LogP contribution in [0, 0.1) is 12.7 Å². The van der Waals surface area contributed by atoms with E-state index in [2.05, 4.69) is 10.6 Å². The molecule has 3 aromatic carbocycles. The molecule has 1 atom stereocenters. The minimum atomic E-state index is -0.574. The second-order valence-corrected chi connectivity index (χ2v) is 7.04. The highest BCUT2D eigenvalue weighted by Gasteiger charge is 2.20. The van der Waals surface area contributed by atoms with Crippen LogP contribution < -0.4 is 10.6 Å². The van der Waals surface area contributed by atoms with Gasteiger partial charge in [-0.2, -0.15) is 0 Å². The van der Waals surface area contributed by atoms with Gasteiger partial charge in [0.2, 0.25) is 5.91 Å². The summed E-state index contributed by atoms with van der Waals surface area (Å²) in [5.41, 5.74) is 1.97. The summed E-state index contributed by atoms with van der Waals surface area (Å²) < 4.78 is 13.7. The lowest BCUT2D eigenvalue weighted by Crippen LogP contribution is -2.31. The predicted molar refractivity (Wildman–Crippen MR) is 112 cm³/mol. The van der Waals surface area contributed by atoms with Crippen molar-refractivity contribution < 1.29 is 14.0 Å². The topological polar surface area (TPSA) is 58.2 Å². The zero-order valence-electron chi connectivity index (χ0n) is 15.8. The van der Waals surface area contributed by atoms with Gasteiger partial charge in [0, 0.05) is 5.69 Å². The zero-order valence-corrected chi connectivity index (χ0v) is 16.5. The molecule has 0 aliphatic carbocycles. The van der Waals surface area contributed by atoms with Gasteiger partial charge in [-0.1, -0.05) is 60.1 Å².